The molecule has 0 aliphatic heterocycles. The van der Waals surface area contributed by atoms with Crippen LogP contribution in [0, 0.1) is 13.8 Å². The van der Waals surface area contributed by atoms with Crippen LogP contribution in [0.4, 0.5) is 5.13 Å². The number of nitrogens with zero attached hydrogens (tertiary/aromatic N) is 4. The zero-order valence-electron chi connectivity index (χ0n) is 18.9. The summed E-state index contributed by atoms with van der Waals surface area (Å²) < 4.78 is 8.00. The monoisotopic (exact) mass is 479 g/mol. The third kappa shape index (κ3) is 5.43. The number of carbonyl (C=O) groups is 1. The van der Waals surface area contributed by atoms with Crippen molar-refractivity contribution in [2.45, 2.75) is 32.0 Å². The molecule has 0 aliphatic rings. The van der Waals surface area contributed by atoms with Crippen LogP contribution in [0.25, 0.3) is 11.3 Å². The van der Waals surface area contributed by atoms with E-state index in [2.05, 4.69) is 33.5 Å². The van der Waals surface area contributed by atoms with Gasteiger partial charge in [-0.1, -0.05) is 54.2 Å². The van der Waals surface area contributed by atoms with Gasteiger partial charge in [0, 0.05) is 18.0 Å². The Bertz CT molecular complexity index is 1250. The van der Waals surface area contributed by atoms with Crippen molar-refractivity contribution in [3.8, 4) is 17.0 Å². The Balaban J connectivity index is 1.34. The van der Waals surface area contributed by atoms with Crippen molar-refractivity contribution < 1.29 is 9.53 Å². The topological polar surface area (TPSA) is 81.9 Å². The highest BCUT2D eigenvalue weighted by Gasteiger charge is 2.19. The van der Waals surface area contributed by atoms with E-state index in [0.29, 0.717) is 16.1 Å². The van der Waals surface area contributed by atoms with Gasteiger partial charge in [-0.05, 0) is 38.0 Å². The second kappa shape index (κ2) is 10.2. The third-order valence-corrected chi connectivity index (χ3v) is 7.02. The maximum atomic E-state index is 12.4. The number of aromatic nitrogens is 4. The summed E-state index contributed by atoms with van der Waals surface area (Å²) in [5.41, 5.74) is 4.15. The molecule has 0 aliphatic carbocycles. The average Bonchev–Trinajstić information content (AvgIpc) is 3.42. The molecule has 33 heavy (non-hydrogen) atoms. The molecule has 0 saturated carbocycles. The lowest BCUT2D eigenvalue weighted by molar-refractivity contribution is -0.113. The molecule has 9 heteroatoms. The Kier molecular flexibility index (Phi) is 7.10. The first-order chi connectivity index (χ1) is 15.9. The molecule has 1 atom stereocenters. The molecular formula is C24H25N5O2S2. The Morgan fingerprint density at radius 2 is 1.94 bits per heavy atom. The summed E-state index contributed by atoms with van der Waals surface area (Å²) in [6.07, 6.45) is -0.280. The van der Waals surface area contributed by atoms with Crippen molar-refractivity contribution in [2.75, 3.05) is 11.1 Å². The number of hydrogen-bond acceptors (Lipinski definition) is 7. The van der Waals surface area contributed by atoms with E-state index in [1.807, 2.05) is 73.3 Å². The predicted octanol–water partition coefficient (Wildman–Crippen LogP) is 5.43. The van der Waals surface area contributed by atoms with Crippen LogP contribution in [0.3, 0.4) is 0 Å². The second-order valence-electron chi connectivity index (χ2n) is 7.60. The van der Waals surface area contributed by atoms with E-state index >= 15 is 0 Å². The molecule has 1 N–H and O–H groups in total. The number of thiazole rings is 1. The molecule has 1 amide bonds. The van der Waals surface area contributed by atoms with Crippen molar-refractivity contribution in [3.63, 3.8) is 0 Å². The number of benzene rings is 2. The van der Waals surface area contributed by atoms with E-state index in [9.17, 15) is 4.79 Å². The highest BCUT2D eigenvalue weighted by molar-refractivity contribution is 7.99. The molecule has 0 fully saturated rings. The summed E-state index contributed by atoms with van der Waals surface area (Å²) >= 11 is 2.73. The second-order valence-corrected chi connectivity index (χ2v) is 9.40. The van der Waals surface area contributed by atoms with Gasteiger partial charge in [-0.3, -0.25) is 4.79 Å². The molecule has 2 aromatic heterocycles. The highest BCUT2D eigenvalue weighted by Crippen LogP contribution is 2.28. The zero-order chi connectivity index (χ0) is 23.4. The molecule has 0 spiro atoms. The maximum absolute atomic E-state index is 12.4. The Hall–Kier alpha value is -3.17. The molecule has 4 rings (SSSR count). The van der Waals surface area contributed by atoms with E-state index in [0.717, 1.165) is 22.6 Å². The molecule has 4 aromatic rings. The largest absolute Gasteiger partial charge is 0.482 e. The van der Waals surface area contributed by atoms with Crippen LogP contribution in [-0.4, -0.2) is 31.4 Å². The smallest absolute Gasteiger partial charge is 0.236 e. The lowest BCUT2D eigenvalue weighted by atomic mass is 10.1. The Labute approximate surface area is 201 Å². The number of hydrogen-bond donors (Lipinski definition) is 1. The molecule has 1 unspecified atom stereocenters. The van der Waals surface area contributed by atoms with Crippen molar-refractivity contribution >= 4 is 34.1 Å². The molecule has 2 aromatic carbocycles. The molecule has 7 nitrogen and oxygen atoms in total. The fraction of sp³-hybridized carbons (Fsp3) is 0.250. The number of aryl methyl sites for hydroxylation is 1. The fourth-order valence-electron chi connectivity index (χ4n) is 3.26. The van der Waals surface area contributed by atoms with Gasteiger partial charge in [0.2, 0.25) is 5.91 Å². The summed E-state index contributed by atoms with van der Waals surface area (Å²) in [6.45, 7) is 6.04. The summed E-state index contributed by atoms with van der Waals surface area (Å²) in [5, 5.41) is 14.6. The normalized spacial score (nSPS) is 11.9. The fourth-order valence-corrected chi connectivity index (χ4v) is 4.71. The quantitative estimate of drug-likeness (QED) is 0.340. The van der Waals surface area contributed by atoms with Gasteiger partial charge in [-0.15, -0.1) is 21.5 Å². The van der Waals surface area contributed by atoms with E-state index in [-0.39, 0.29) is 17.8 Å². The van der Waals surface area contributed by atoms with Crippen LogP contribution >= 0.6 is 23.1 Å². The predicted molar refractivity (Wildman–Crippen MR) is 133 cm³/mol. The van der Waals surface area contributed by atoms with Crippen LogP contribution in [-0.2, 0) is 11.8 Å². The van der Waals surface area contributed by atoms with E-state index in [1.54, 1.807) is 0 Å². The van der Waals surface area contributed by atoms with Gasteiger partial charge in [-0.2, -0.15) is 0 Å². The number of carbonyl (C=O) groups excluding carboxylic acids is 1. The van der Waals surface area contributed by atoms with Crippen molar-refractivity contribution in [1.82, 2.24) is 19.7 Å². The Morgan fingerprint density at radius 3 is 2.73 bits per heavy atom. The van der Waals surface area contributed by atoms with Gasteiger partial charge in [0.25, 0.3) is 0 Å². The van der Waals surface area contributed by atoms with Gasteiger partial charge < -0.3 is 14.6 Å². The average molecular weight is 480 g/mol. The number of rotatable bonds is 8. The van der Waals surface area contributed by atoms with Crippen LogP contribution in [0.5, 0.6) is 5.75 Å². The van der Waals surface area contributed by atoms with Crippen molar-refractivity contribution in [1.29, 1.82) is 0 Å². The van der Waals surface area contributed by atoms with Crippen molar-refractivity contribution in [3.05, 3.63) is 70.9 Å². The maximum Gasteiger partial charge on any atom is 0.236 e. The molecule has 0 bridgehead atoms. The van der Waals surface area contributed by atoms with Gasteiger partial charge in [0.05, 0.1) is 11.4 Å². The lowest BCUT2D eigenvalue weighted by Crippen LogP contribution is -2.14. The van der Waals surface area contributed by atoms with Gasteiger partial charge in [-0.25, -0.2) is 4.98 Å². The number of nitrogens with one attached hydrogen (secondary N) is 1. The minimum absolute atomic E-state index is 0.141. The first-order valence-electron chi connectivity index (χ1n) is 10.5. The molecule has 0 saturated heterocycles. The summed E-state index contributed by atoms with van der Waals surface area (Å²) in [4.78, 5) is 16.9. The van der Waals surface area contributed by atoms with Crippen LogP contribution in [0.15, 0.2) is 59.1 Å². The van der Waals surface area contributed by atoms with Crippen LogP contribution in [0.1, 0.15) is 30.0 Å². The summed E-state index contributed by atoms with van der Waals surface area (Å²) in [6, 6.07) is 15.9. The molecule has 2 heterocycles. The van der Waals surface area contributed by atoms with Gasteiger partial charge in [0.15, 0.2) is 22.2 Å². The van der Waals surface area contributed by atoms with Gasteiger partial charge >= 0.3 is 0 Å². The zero-order valence-corrected chi connectivity index (χ0v) is 20.5. The minimum Gasteiger partial charge on any atom is -0.482 e. The van der Waals surface area contributed by atoms with Crippen LogP contribution in [0.2, 0.25) is 0 Å². The minimum atomic E-state index is -0.280. The lowest BCUT2D eigenvalue weighted by Gasteiger charge is -2.16. The SMILES string of the molecule is Cc1cccc(OC(C)c2nnc(SCC(=O)Nc3nc(-c4ccccc4)cs3)n2C)c1C. The van der Waals surface area contributed by atoms with Crippen LogP contribution < -0.4 is 10.1 Å². The van der Waals surface area contributed by atoms with Crippen molar-refractivity contribution in [2.24, 2.45) is 7.05 Å². The first kappa shape index (κ1) is 23.0. The van der Waals surface area contributed by atoms with E-state index in [4.69, 9.17) is 4.74 Å². The van der Waals surface area contributed by atoms with E-state index in [1.165, 1.54) is 28.7 Å². The number of thioether (sulfide) groups is 1. The standard InChI is InChI=1S/C24H25N5O2S2/c1-15-9-8-12-20(16(15)2)31-17(3)22-27-28-24(29(22)4)33-14-21(30)26-23-25-19(13-32-23)18-10-6-5-7-11-18/h5-13,17H,14H2,1-4H3,(H,25,26,30). The molecular weight excluding hydrogens is 454 g/mol. The van der Waals surface area contributed by atoms with Gasteiger partial charge in [0.1, 0.15) is 5.75 Å². The first-order valence-corrected chi connectivity index (χ1v) is 12.3. The number of anilines is 1. The molecule has 0 radical (unpaired) electrons. The number of amides is 1. The summed E-state index contributed by atoms with van der Waals surface area (Å²) in [7, 11) is 1.88. The summed E-state index contributed by atoms with van der Waals surface area (Å²) in [5.74, 6) is 1.60. The Morgan fingerprint density at radius 1 is 1.15 bits per heavy atom. The molecule has 170 valence electrons. The number of ether oxygens (including phenoxy) is 1. The van der Waals surface area contributed by atoms with E-state index < -0.39 is 0 Å². The third-order valence-electron chi connectivity index (χ3n) is 5.24. The highest BCUT2D eigenvalue weighted by atomic mass is 32.2.